The number of benzene rings is 8. The van der Waals surface area contributed by atoms with Crippen LogP contribution in [-0.4, -0.2) is 9.97 Å². The number of hydrogen-bond acceptors (Lipinski definition) is 3. The number of hydrogen-bond donors (Lipinski definition) is 0. The third-order valence-corrected chi connectivity index (χ3v) is 12.5. The monoisotopic (exact) mass is 740 g/mol. The van der Waals surface area contributed by atoms with Gasteiger partial charge in [0.05, 0.1) is 16.8 Å². The zero-order valence-corrected chi connectivity index (χ0v) is 31.7. The predicted molar refractivity (Wildman–Crippen MR) is 237 cm³/mol. The van der Waals surface area contributed by atoms with Crippen LogP contribution in [0.1, 0.15) is 35.1 Å². The molecule has 0 N–H and O–H groups in total. The van der Waals surface area contributed by atoms with Crippen LogP contribution in [0, 0.1) is 0 Å². The van der Waals surface area contributed by atoms with Crippen molar-refractivity contribution in [2.24, 2.45) is 0 Å². The Labute approximate surface area is 337 Å². The zero-order valence-electron chi connectivity index (χ0n) is 31.7. The van der Waals surface area contributed by atoms with E-state index in [0.717, 1.165) is 63.5 Å². The lowest BCUT2D eigenvalue weighted by atomic mass is 9.63. The summed E-state index contributed by atoms with van der Waals surface area (Å²) >= 11 is 0. The molecule has 1 atom stereocenters. The minimum Gasteiger partial charge on any atom is -0.456 e. The number of fused-ring (bicyclic) bond motifs is 11. The van der Waals surface area contributed by atoms with E-state index in [9.17, 15) is 0 Å². The highest BCUT2D eigenvalue weighted by Crippen LogP contribution is 2.63. The summed E-state index contributed by atoms with van der Waals surface area (Å²) in [4.78, 5) is 10.4. The van der Waals surface area contributed by atoms with Gasteiger partial charge < -0.3 is 4.74 Å². The molecular formula is C55H36N2O. The van der Waals surface area contributed by atoms with Crippen molar-refractivity contribution in [3.05, 3.63) is 222 Å². The standard InChI is InChI=1S/C55H36N2O/c1-2-14-37(15-3-1)50-34-51(40-31-32-42-39(33-40)30-27-35-13-4-5-16-41(35)42)57-54(56-50)38-28-25-36(26-29-38)43-19-12-23-49-53(43)58-52-24-11-10-22-48(52)55(49)46-20-8-6-17-44(46)45-18-7-9-21-47(45)55/h1-8,10-20,22-34H,9,21H2. The highest BCUT2D eigenvalue weighted by molar-refractivity contribution is 6.08. The van der Waals surface area contributed by atoms with Gasteiger partial charge in [-0.3, -0.25) is 0 Å². The van der Waals surface area contributed by atoms with Crippen molar-refractivity contribution in [3.63, 3.8) is 0 Å². The molecule has 58 heavy (non-hydrogen) atoms. The number of aromatic nitrogens is 2. The molecule has 1 aliphatic heterocycles. The fourth-order valence-corrected chi connectivity index (χ4v) is 9.87. The first-order chi connectivity index (χ1) is 28.7. The van der Waals surface area contributed by atoms with Crippen LogP contribution in [0.3, 0.4) is 0 Å². The minimum atomic E-state index is -0.422. The lowest BCUT2D eigenvalue weighted by molar-refractivity contribution is 0.433. The average molecular weight is 741 g/mol. The molecule has 12 rings (SSSR count). The number of ether oxygens (including phenoxy) is 1. The summed E-state index contributed by atoms with van der Waals surface area (Å²) in [5, 5.41) is 4.92. The molecule has 0 radical (unpaired) electrons. The summed E-state index contributed by atoms with van der Waals surface area (Å²) in [6, 6.07) is 65.1. The largest absolute Gasteiger partial charge is 0.456 e. The zero-order chi connectivity index (χ0) is 38.2. The maximum absolute atomic E-state index is 6.98. The molecule has 2 heterocycles. The van der Waals surface area contributed by atoms with Crippen molar-refractivity contribution in [1.82, 2.24) is 9.97 Å². The number of nitrogens with zero attached hydrogens (tertiary/aromatic N) is 2. The Morgan fingerprint density at radius 3 is 2.03 bits per heavy atom. The molecular weight excluding hydrogens is 705 g/mol. The summed E-state index contributed by atoms with van der Waals surface area (Å²) in [5.41, 5.74) is 14.5. The summed E-state index contributed by atoms with van der Waals surface area (Å²) < 4.78 is 6.98. The molecule has 8 aromatic carbocycles. The molecule has 2 aliphatic carbocycles. The van der Waals surface area contributed by atoms with E-state index in [1.165, 1.54) is 54.9 Å². The van der Waals surface area contributed by atoms with Crippen LogP contribution in [0.2, 0.25) is 0 Å². The van der Waals surface area contributed by atoms with E-state index in [2.05, 4.69) is 188 Å². The predicted octanol–water partition coefficient (Wildman–Crippen LogP) is 14.0. The van der Waals surface area contributed by atoms with Crippen LogP contribution in [-0.2, 0) is 5.41 Å². The summed E-state index contributed by atoms with van der Waals surface area (Å²) in [5.74, 6) is 2.52. The maximum atomic E-state index is 6.98. The second-order valence-electron chi connectivity index (χ2n) is 15.5. The molecule has 0 fully saturated rings. The number of rotatable bonds is 4. The summed E-state index contributed by atoms with van der Waals surface area (Å²) in [6.07, 6.45) is 6.70. The smallest absolute Gasteiger partial charge is 0.160 e. The second-order valence-corrected chi connectivity index (χ2v) is 15.5. The molecule has 0 saturated heterocycles. The third kappa shape index (κ3) is 4.86. The van der Waals surface area contributed by atoms with Crippen LogP contribution < -0.4 is 4.74 Å². The van der Waals surface area contributed by atoms with Crippen molar-refractivity contribution >= 4 is 27.1 Å². The quantitative estimate of drug-likeness (QED) is 0.169. The van der Waals surface area contributed by atoms with Crippen LogP contribution in [0.5, 0.6) is 11.5 Å². The van der Waals surface area contributed by atoms with Gasteiger partial charge in [0, 0.05) is 33.4 Å². The van der Waals surface area contributed by atoms with E-state index < -0.39 is 5.41 Å². The fraction of sp³-hybridized carbons (Fsp3) is 0.0545. The first-order valence-electron chi connectivity index (χ1n) is 20.1. The Balaban J connectivity index is 0.984. The van der Waals surface area contributed by atoms with Gasteiger partial charge >= 0.3 is 0 Å². The van der Waals surface area contributed by atoms with Gasteiger partial charge in [0.15, 0.2) is 5.82 Å². The van der Waals surface area contributed by atoms with Gasteiger partial charge in [0.1, 0.15) is 11.5 Å². The van der Waals surface area contributed by atoms with Crippen molar-refractivity contribution in [3.8, 4) is 56.5 Å². The highest BCUT2D eigenvalue weighted by Gasteiger charge is 2.52. The normalized spacial score (nSPS) is 16.2. The second kappa shape index (κ2) is 12.8. The third-order valence-electron chi connectivity index (χ3n) is 12.5. The first kappa shape index (κ1) is 32.8. The van der Waals surface area contributed by atoms with Crippen LogP contribution >= 0.6 is 0 Å². The van der Waals surface area contributed by atoms with E-state index in [0.29, 0.717) is 5.82 Å². The Bertz CT molecular complexity index is 3200. The molecule has 0 amide bonds. The minimum absolute atomic E-state index is 0.422. The summed E-state index contributed by atoms with van der Waals surface area (Å²) in [7, 11) is 0. The van der Waals surface area contributed by atoms with Gasteiger partial charge in [-0.25, -0.2) is 9.97 Å². The first-order valence-corrected chi connectivity index (χ1v) is 20.1. The highest BCUT2D eigenvalue weighted by atomic mass is 16.5. The van der Waals surface area contributed by atoms with Crippen LogP contribution in [0.4, 0.5) is 0 Å². The SMILES string of the molecule is C1=CC2=C(CC1)C1(c3ccccc3Oc3c(-c4ccc(-c5nc(-c6ccccc6)cc(-c6ccc7c(ccc8ccccc87)c6)n5)cc4)cccc31)c1ccccc12. The van der Waals surface area contributed by atoms with Gasteiger partial charge in [-0.15, -0.1) is 0 Å². The van der Waals surface area contributed by atoms with E-state index in [1.807, 2.05) is 6.07 Å². The van der Waals surface area contributed by atoms with E-state index in [-0.39, 0.29) is 0 Å². The number of para-hydroxylation sites is 2. The van der Waals surface area contributed by atoms with Crippen molar-refractivity contribution < 1.29 is 4.74 Å². The molecule has 1 aromatic heterocycles. The molecule has 9 aromatic rings. The molecule has 1 unspecified atom stereocenters. The van der Waals surface area contributed by atoms with Crippen molar-refractivity contribution in [1.29, 1.82) is 0 Å². The van der Waals surface area contributed by atoms with Crippen LogP contribution in [0.15, 0.2) is 200 Å². The molecule has 3 aliphatic rings. The summed E-state index contributed by atoms with van der Waals surface area (Å²) in [6.45, 7) is 0. The molecule has 3 heteroatoms. The molecule has 272 valence electrons. The number of allylic oxidation sites excluding steroid dienone is 4. The van der Waals surface area contributed by atoms with Gasteiger partial charge in [0.2, 0.25) is 0 Å². The lowest BCUT2D eigenvalue weighted by Crippen LogP contribution is -2.33. The Morgan fingerprint density at radius 2 is 1.14 bits per heavy atom. The maximum Gasteiger partial charge on any atom is 0.160 e. The van der Waals surface area contributed by atoms with Gasteiger partial charge in [-0.05, 0) is 80.4 Å². The van der Waals surface area contributed by atoms with E-state index >= 15 is 0 Å². The topological polar surface area (TPSA) is 35.0 Å². The molecule has 3 nitrogen and oxygen atoms in total. The van der Waals surface area contributed by atoms with E-state index in [4.69, 9.17) is 14.7 Å². The Kier molecular flexibility index (Phi) is 7.27. The van der Waals surface area contributed by atoms with Gasteiger partial charge in [-0.1, -0.05) is 176 Å². The molecule has 0 bridgehead atoms. The Hall–Kier alpha value is -7.36. The Morgan fingerprint density at radius 1 is 0.466 bits per heavy atom. The van der Waals surface area contributed by atoms with Crippen LogP contribution in [0.25, 0.3) is 72.1 Å². The lowest BCUT2D eigenvalue weighted by Gasteiger charge is -2.41. The van der Waals surface area contributed by atoms with E-state index in [1.54, 1.807) is 0 Å². The van der Waals surface area contributed by atoms with Crippen molar-refractivity contribution in [2.45, 2.75) is 18.3 Å². The van der Waals surface area contributed by atoms with Gasteiger partial charge in [-0.2, -0.15) is 0 Å². The fourth-order valence-electron chi connectivity index (χ4n) is 9.87. The van der Waals surface area contributed by atoms with Gasteiger partial charge in [0.25, 0.3) is 0 Å². The molecule has 0 saturated carbocycles. The van der Waals surface area contributed by atoms with Crippen molar-refractivity contribution in [2.75, 3.05) is 0 Å². The molecule has 1 spiro atoms. The average Bonchev–Trinajstić information content (AvgIpc) is 3.59.